The van der Waals surface area contributed by atoms with Crippen molar-refractivity contribution in [1.29, 1.82) is 0 Å². The summed E-state index contributed by atoms with van der Waals surface area (Å²) in [6.07, 6.45) is 0.438. The number of hydrogen-bond acceptors (Lipinski definition) is 11. The fraction of sp³-hybridized carbons (Fsp3) is 0.167. The Morgan fingerprint density at radius 1 is 0.592 bits per heavy atom. The highest BCUT2D eigenvalue weighted by Crippen LogP contribution is 2.32. The highest BCUT2D eigenvalue weighted by atomic mass is 16.6. The number of nitro groups is 2. The molecule has 49 heavy (non-hydrogen) atoms. The maximum Gasteiger partial charge on any atom is 0.340 e. The van der Waals surface area contributed by atoms with Crippen LogP contribution in [0.15, 0.2) is 103 Å². The van der Waals surface area contributed by atoms with Crippen LogP contribution in [-0.2, 0) is 25.7 Å². The van der Waals surface area contributed by atoms with Crippen molar-refractivity contribution in [3.05, 3.63) is 159 Å². The van der Waals surface area contributed by atoms with E-state index in [-0.39, 0.29) is 72.6 Å². The van der Waals surface area contributed by atoms with Crippen LogP contribution in [0.4, 0.5) is 11.4 Å². The number of non-ortho nitro benzene ring substituents is 2. The van der Waals surface area contributed by atoms with E-state index in [0.29, 0.717) is 44.5 Å². The minimum absolute atomic E-state index is 0.0705. The van der Waals surface area contributed by atoms with Gasteiger partial charge in [0.25, 0.3) is 11.4 Å². The van der Waals surface area contributed by atoms with Crippen molar-refractivity contribution < 1.29 is 33.6 Å². The summed E-state index contributed by atoms with van der Waals surface area (Å²) in [4.78, 5) is 47.8. The lowest BCUT2D eigenvalue weighted by molar-refractivity contribution is -0.385. The second-order valence-corrected chi connectivity index (χ2v) is 11.3. The molecule has 4 aromatic carbocycles. The molecule has 6 aromatic rings. The molecule has 2 heterocycles. The summed E-state index contributed by atoms with van der Waals surface area (Å²) in [5, 5.41) is 43.2. The van der Waals surface area contributed by atoms with E-state index in [4.69, 9.17) is 13.6 Å². The highest BCUT2D eigenvalue weighted by molar-refractivity contribution is 5.84. The maximum absolute atomic E-state index is 13.2. The molecule has 13 heteroatoms. The Bertz CT molecular complexity index is 2200. The topological polar surface area (TPSA) is 196 Å². The summed E-state index contributed by atoms with van der Waals surface area (Å²) in [5.74, 6) is 0.605. The fourth-order valence-electron chi connectivity index (χ4n) is 5.95. The number of nitro benzene ring substituents is 2. The number of nitrogens with zero attached hydrogens (tertiary/aromatic N) is 2. The molecule has 0 aliphatic heterocycles. The summed E-state index contributed by atoms with van der Waals surface area (Å²) in [7, 11) is 0. The molecule has 2 N–H and O–H groups in total. The number of aliphatic hydroxyl groups excluding tert-OH is 2. The summed E-state index contributed by atoms with van der Waals surface area (Å²) in [5.41, 5.74) is 1.66. The highest BCUT2D eigenvalue weighted by Gasteiger charge is 2.19. The molecule has 0 atom stereocenters. The van der Waals surface area contributed by atoms with Crippen LogP contribution in [0.25, 0.3) is 21.9 Å². The van der Waals surface area contributed by atoms with Crippen molar-refractivity contribution >= 4 is 33.3 Å². The van der Waals surface area contributed by atoms with Crippen LogP contribution >= 0.6 is 0 Å². The SMILES string of the molecule is O=c1oc2cc(Oc3ccc4c(CCO)c(Cc5cccc([N+](=O)[O-])c5)c(=O)oc4c3)ccc2c(CCO)c1Cc1cccc([N+](=O)[O-])c1. The first kappa shape index (κ1) is 32.7. The van der Waals surface area contributed by atoms with Crippen LogP contribution in [-0.4, -0.2) is 33.3 Å². The van der Waals surface area contributed by atoms with E-state index >= 15 is 0 Å². The Labute approximate surface area is 276 Å². The summed E-state index contributed by atoms with van der Waals surface area (Å²) in [6.45, 7) is -0.488. The maximum atomic E-state index is 13.2. The Morgan fingerprint density at radius 2 is 1.02 bits per heavy atom. The van der Waals surface area contributed by atoms with Crippen LogP contribution in [0, 0.1) is 20.2 Å². The second-order valence-electron chi connectivity index (χ2n) is 11.3. The largest absolute Gasteiger partial charge is 0.457 e. The number of aliphatic hydroxyl groups is 2. The van der Waals surface area contributed by atoms with Crippen LogP contribution < -0.4 is 16.0 Å². The number of rotatable bonds is 12. The zero-order valence-corrected chi connectivity index (χ0v) is 25.8. The molecule has 13 nitrogen and oxygen atoms in total. The molecule has 0 spiro atoms. The standard InChI is InChI=1S/C36H28N2O11/c39-13-11-27-29-9-7-25(19-33(29)48-35(41)31(27)17-21-3-1-5-23(15-21)37(43)44)47-26-8-10-30-28(12-14-40)32(36(42)49-34(30)20-26)18-22-4-2-6-24(16-22)38(45)46/h1-10,15-16,19-20,39-40H,11-14,17-18H2. The van der Waals surface area contributed by atoms with Gasteiger partial charge in [-0.2, -0.15) is 0 Å². The average Bonchev–Trinajstić information content (AvgIpc) is 3.08. The Balaban J connectivity index is 1.32. The number of ether oxygens (including phenoxy) is 1. The van der Waals surface area contributed by atoms with Crippen molar-refractivity contribution in [2.45, 2.75) is 25.7 Å². The van der Waals surface area contributed by atoms with Gasteiger partial charge in [0.1, 0.15) is 22.7 Å². The van der Waals surface area contributed by atoms with Crippen molar-refractivity contribution in [1.82, 2.24) is 0 Å². The van der Waals surface area contributed by atoms with E-state index < -0.39 is 21.1 Å². The zero-order valence-electron chi connectivity index (χ0n) is 25.8. The molecule has 0 saturated heterocycles. The van der Waals surface area contributed by atoms with Crippen molar-refractivity contribution in [3.8, 4) is 11.5 Å². The van der Waals surface area contributed by atoms with Crippen molar-refractivity contribution in [3.63, 3.8) is 0 Å². The number of benzene rings is 4. The minimum atomic E-state index is -0.649. The molecule has 0 unspecified atom stereocenters. The molecule has 0 saturated carbocycles. The molecule has 248 valence electrons. The van der Waals surface area contributed by atoms with Crippen LogP contribution in [0.3, 0.4) is 0 Å². The van der Waals surface area contributed by atoms with E-state index in [2.05, 4.69) is 0 Å². The predicted molar refractivity (Wildman–Crippen MR) is 178 cm³/mol. The monoisotopic (exact) mass is 664 g/mol. The van der Waals surface area contributed by atoms with Gasteiger partial charge in [0.05, 0.1) is 9.85 Å². The first-order valence-corrected chi connectivity index (χ1v) is 15.2. The van der Waals surface area contributed by atoms with Crippen LogP contribution in [0.2, 0.25) is 0 Å². The molecule has 0 radical (unpaired) electrons. The number of fused-ring (bicyclic) bond motifs is 2. The first-order chi connectivity index (χ1) is 23.6. The normalized spacial score (nSPS) is 11.2. The molecule has 2 aromatic heterocycles. The van der Waals surface area contributed by atoms with Gasteiger partial charge in [0.2, 0.25) is 0 Å². The molecular weight excluding hydrogens is 636 g/mol. The van der Waals surface area contributed by atoms with Gasteiger partial charge in [-0.3, -0.25) is 20.2 Å². The van der Waals surface area contributed by atoms with Crippen LogP contribution in [0.1, 0.15) is 33.4 Å². The average molecular weight is 665 g/mol. The minimum Gasteiger partial charge on any atom is -0.457 e. The van der Waals surface area contributed by atoms with Crippen molar-refractivity contribution in [2.24, 2.45) is 0 Å². The van der Waals surface area contributed by atoms with Crippen molar-refractivity contribution in [2.75, 3.05) is 13.2 Å². The van der Waals surface area contributed by atoms with Gasteiger partial charge in [-0.1, -0.05) is 24.3 Å². The lowest BCUT2D eigenvalue weighted by Crippen LogP contribution is -2.14. The van der Waals surface area contributed by atoms with Gasteiger partial charge < -0.3 is 23.8 Å². The Kier molecular flexibility index (Phi) is 9.29. The molecule has 0 aliphatic carbocycles. The predicted octanol–water partition coefficient (Wildman–Crippen LogP) is 5.76. The lowest BCUT2D eigenvalue weighted by Gasteiger charge is -2.14. The van der Waals surface area contributed by atoms with E-state index in [9.17, 15) is 40.0 Å². The number of hydrogen-bond donors (Lipinski definition) is 2. The van der Waals surface area contributed by atoms with Crippen LogP contribution in [0.5, 0.6) is 11.5 Å². The van der Waals surface area contributed by atoms with E-state index in [1.165, 1.54) is 48.5 Å². The molecule has 0 bridgehead atoms. The third-order valence-corrected chi connectivity index (χ3v) is 8.15. The van der Waals surface area contributed by atoms with Gasteiger partial charge in [0, 0.05) is 84.4 Å². The van der Waals surface area contributed by atoms with Gasteiger partial charge >= 0.3 is 11.3 Å². The quantitative estimate of drug-likeness (QED) is 0.0917. The second kappa shape index (κ2) is 13.9. The Morgan fingerprint density at radius 3 is 1.41 bits per heavy atom. The molecule has 0 amide bonds. The van der Waals surface area contributed by atoms with E-state index in [0.717, 1.165) is 0 Å². The summed E-state index contributed by atoms with van der Waals surface area (Å²) in [6, 6.07) is 21.7. The third kappa shape index (κ3) is 6.93. The van der Waals surface area contributed by atoms with E-state index in [1.807, 2.05) is 0 Å². The van der Waals surface area contributed by atoms with E-state index in [1.54, 1.807) is 36.4 Å². The third-order valence-electron chi connectivity index (χ3n) is 8.15. The molecule has 0 aliphatic rings. The smallest absolute Gasteiger partial charge is 0.340 e. The molecule has 6 rings (SSSR count). The van der Waals surface area contributed by atoms with Gasteiger partial charge in [-0.05, 0) is 59.4 Å². The van der Waals surface area contributed by atoms with Gasteiger partial charge in [-0.25, -0.2) is 9.59 Å². The lowest BCUT2D eigenvalue weighted by atomic mass is 9.96. The first-order valence-electron chi connectivity index (χ1n) is 15.2. The molecule has 0 fully saturated rings. The van der Waals surface area contributed by atoms with Gasteiger partial charge in [-0.15, -0.1) is 0 Å². The Hall–Kier alpha value is -6.18. The van der Waals surface area contributed by atoms with Gasteiger partial charge in [0.15, 0.2) is 0 Å². The zero-order chi connectivity index (χ0) is 34.7. The summed E-state index contributed by atoms with van der Waals surface area (Å²) < 4.78 is 17.3. The molecular formula is C36H28N2O11. The fourth-order valence-corrected chi connectivity index (χ4v) is 5.95. The summed E-state index contributed by atoms with van der Waals surface area (Å²) >= 11 is 0.